The molecule has 1 aromatic rings. The van der Waals surface area contributed by atoms with Gasteiger partial charge < -0.3 is 4.84 Å². The van der Waals surface area contributed by atoms with Crippen molar-refractivity contribution in [3.05, 3.63) is 20.8 Å². The van der Waals surface area contributed by atoms with Crippen LogP contribution in [0.4, 0.5) is 0 Å². The van der Waals surface area contributed by atoms with E-state index >= 15 is 0 Å². The lowest BCUT2D eigenvalue weighted by molar-refractivity contribution is 0.0874. The summed E-state index contributed by atoms with van der Waals surface area (Å²) in [5.41, 5.74) is 2.77. The molecule has 1 aromatic heterocycles. The topological polar surface area (TPSA) is 21.3 Å². The van der Waals surface area contributed by atoms with Gasteiger partial charge in [0.15, 0.2) is 0 Å². The van der Waals surface area contributed by atoms with Crippen molar-refractivity contribution in [1.29, 1.82) is 0 Å². The van der Waals surface area contributed by atoms with E-state index in [0.29, 0.717) is 0 Å². The maximum atomic E-state index is 4.70. The average Bonchev–Trinajstić information content (AvgIpc) is 2.31. The van der Waals surface area contributed by atoms with Gasteiger partial charge in [-0.2, -0.15) is 5.48 Å². The molecule has 0 spiro atoms. The summed E-state index contributed by atoms with van der Waals surface area (Å²) in [5.74, 6) is 0. The van der Waals surface area contributed by atoms with Gasteiger partial charge in [-0.1, -0.05) is 0 Å². The van der Waals surface area contributed by atoms with Crippen molar-refractivity contribution in [1.82, 2.24) is 5.48 Å². The van der Waals surface area contributed by atoms with Crippen molar-refractivity contribution in [3.63, 3.8) is 0 Å². The quantitative estimate of drug-likeness (QED) is 0.791. The van der Waals surface area contributed by atoms with Crippen molar-refractivity contribution in [2.75, 3.05) is 7.11 Å². The molecule has 2 nitrogen and oxygen atoms in total. The molecular weight excluding hydrogens is 214 g/mol. The molecule has 0 atom stereocenters. The van der Waals surface area contributed by atoms with E-state index in [2.05, 4.69) is 27.5 Å². The predicted octanol–water partition coefficient (Wildman–Crippen LogP) is 2.16. The van der Waals surface area contributed by atoms with E-state index in [1.807, 2.05) is 5.38 Å². The van der Waals surface area contributed by atoms with Gasteiger partial charge in [0.2, 0.25) is 0 Å². The number of halogens is 1. The van der Waals surface area contributed by atoms with Crippen molar-refractivity contribution in [2.24, 2.45) is 0 Å². The van der Waals surface area contributed by atoms with E-state index in [0.717, 1.165) is 11.0 Å². The molecule has 1 N–H and O–H groups in total. The summed E-state index contributed by atoms with van der Waals surface area (Å²) in [7, 11) is 1.61. The molecule has 0 fully saturated rings. The van der Waals surface area contributed by atoms with Gasteiger partial charge in [0.1, 0.15) is 0 Å². The van der Waals surface area contributed by atoms with Crippen LogP contribution in [0.3, 0.4) is 0 Å². The maximum absolute atomic E-state index is 4.70. The number of thiophene rings is 1. The normalized spacial score (nSPS) is 10.2. The molecule has 0 aliphatic carbocycles. The Bertz CT molecular complexity index is 201. The first kappa shape index (κ1) is 8.20. The maximum Gasteiger partial charge on any atom is 0.0572 e. The Morgan fingerprint density at radius 3 is 3.10 bits per heavy atom. The summed E-state index contributed by atoms with van der Waals surface area (Å²) < 4.78 is 1.13. The molecule has 0 bridgehead atoms. The second-order valence-electron chi connectivity index (χ2n) is 1.76. The smallest absolute Gasteiger partial charge is 0.0572 e. The third kappa shape index (κ3) is 2.38. The zero-order chi connectivity index (χ0) is 7.40. The van der Waals surface area contributed by atoms with Gasteiger partial charge in [0.05, 0.1) is 13.7 Å². The van der Waals surface area contributed by atoms with Crippen LogP contribution in [0.1, 0.15) is 4.88 Å². The fourth-order valence-electron chi connectivity index (χ4n) is 0.590. The Morgan fingerprint density at radius 1 is 1.80 bits per heavy atom. The molecule has 0 saturated carbocycles. The lowest BCUT2D eigenvalue weighted by Gasteiger charge is -1.95. The highest BCUT2D eigenvalue weighted by atomic mass is 79.9. The Hall–Kier alpha value is 0.1000. The summed E-state index contributed by atoms with van der Waals surface area (Å²) in [6.07, 6.45) is 0. The van der Waals surface area contributed by atoms with Gasteiger partial charge in [-0.3, -0.25) is 0 Å². The highest BCUT2D eigenvalue weighted by Gasteiger charge is 1.94. The number of hydroxylamine groups is 1. The fourth-order valence-corrected chi connectivity index (χ4v) is 1.97. The van der Waals surface area contributed by atoms with Crippen LogP contribution in [0.25, 0.3) is 0 Å². The monoisotopic (exact) mass is 221 g/mol. The first-order chi connectivity index (χ1) is 4.83. The number of hydrogen-bond acceptors (Lipinski definition) is 3. The van der Waals surface area contributed by atoms with E-state index in [1.165, 1.54) is 4.88 Å². The van der Waals surface area contributed by atoms with E-state index < -0.39 is 0 Å². The zero-order valence-electron chi connectivity index (χ0n) is 5.56. The summed E-state index contributed by atoms with van der Waals surface area (Å²) in [6.45, 7) is 0.771. The molecular formula is C6H8BrNOS. The minimum Gasteiger partial charge on any atom is -0.305 e. The molecule has 1 rings (SSSR count). The van der Waals surface area contributed by atoms with Crippen LogP contribution in [-0.2, 0) is 11.4 Å². The molecule has 0 saturated heterocycles. The van der Waals surface area contributed by atoms with Gasteiger partial charge in [-0.15, -0.1) is 11.3 Å². The van der Waals surface area contributed by atoms with Crippen LogP contribution in [0.2, 0.25) is 0 Å². The van der Waals surface area contributed by atoms with E-state index in [1.54, 1.807) is 18.4 Å². The minimum atomic E-state index is 0.771. The summed E-state index contributed by atoms with van der Waals surface area (Å²) in [6, 6.07) is 2.07. The fraction of sp³-hybridized carbons (Fsp3) is 0.333. The van der Waals surface area contributed by atoms with Gasteiger partial charge in [0.25, 0.3) is 0 Å². The summed E-state index contributed by atoms with van der Waals surface area (Å²) in [4.78, 5) is 5.95. The minimum absolute atomic E-state index is 0.771. The highest BCUT2D eigenvalue weighted by Crippen LogP contribution is 2.19. The molecule has 0 unspecified atom stereocenters. The Labute approximate surface area is 72.3 Å². The van der Waals surface area contributed by atoms with Crippen LogP contribution in [0, 0.1) is 0 Å². The molecule has 1 heterocycles. The van der Waals surface area contributed by atoms with Crippen molar-refractivity contribution >= 4 is 27.3 Å². The molecule has 0 aromatic carbocycles. The lowest BCUT2D eigenvalue weighted by atomic mass is 10.5. The van der Waals surface area contributed by atoms with Crippen molar-refractivity contribution < 1.29 is 4.84 Å². The van der Waals surface area contributed by atoms with E-state index in [9.17, 15) is 0 Å². The first-order valence-electron chi connectivity index (χ1n) is 2.81. The first-order valence-corrected chi connectivity index (χ1v) is 4.49. The zero-order valence-corrected chi connectivity index (χ0v) is 7.96. The van der Waals surface area contributed by atoms with Crippen molar-refractivity contribution in [2.45, 2.75) is 6.54 Å². The molecule has 10 heavy (non-hydrogen) atoms. The molecule has 56 valence electrons. The van der Waals surface area contributed by atoms with Gasteiger partial charge in [-0.25, -0.2) is 0 Å². The Morgan fingerprint density at radius 2 is 2.60 bits per heavy atom. The van der Waals surface area contributed by atoms with E-state index in [4.69, 9.17) is 4.84 Å². The molecule has 0 amide bonds. The molecule has 0 aliphatic rings. The van der Waals surface area contributed by atoms with Crippen LogP contribution in [0.5, 0.6) is 0 Å². The third-order valence-electron chi connectivity index (χ3n) is 1.01. The SMILES string of the molecule is CONCc1cc(Br)cs1. The van der Waals surface area contributed by atoms with Crippen molar-refractivity contribution in [3.8, 4) is 0 Å². The van der Waals surface area contributed by atoms with Gasteiger partial charge in [-0.05, 0) is 22.0 Å². The second-order valence-corrected chi connectivity index (χ2v) is 3.67. The summed E-state index contributed by atoms with van der Waals surface area (Å²) in [5, 5.41) is 2.05. The second kappa shape index (κ2) is 4.08. The van der Waals surface area contributed by atoms with Gasteiger partial charge in [0, 0.05) is 14.7 Å². The highest BCUT2D eigenvalue weighted by molar-refractivity contribution is 9.10. The molecule has 4 heteroatoms. The number of hydrogen-bond donors (Lipinski definition) is 1. The van der Waals surface area contributed by atoms with Gasteiger partial charge >= 0.3 is 0 Å². The Kier molecular flexibility index (Phi) is 3.34. The van der Waals surface area contributed by atoms with Crippen LogP contribution in [0.15, 0.2) is 15.9 Å². The Balaban J connectivity index is 2.42. The average molecular weight is 222 g/mol. The van der Waals surface area contributed by atoms with E-state index in [-0.39, 0.29) is 0 Å². The van der Waals surface area contributed by atoms with Crippen LogP contribution in [-0.4, -0.2) is 7.11 Å². The predicted molar refractivity (Wildman–Crippen MR) is 45.9 cm³/mol. The number of nitrogens with one attached hydrogen (secondary N) is 1. The summed E-state index contributed by atoms with van der Waals surface area (Å²) >= 11 is 5.07. The largest absolute Gasteiger partial charge is 0.305 e. The van der Waals surface area contributed by atoms with Crippen LogP contribution >= 0.6 is 27.3 Å². The molecule has 0 radical (unpaired) electrons. The third-order valence-corrected chi connectivity index (χ3v) is 2.71. The van der Waals surface area contributed by atoms with Crippen LogP contribution < -0.4 is 5.48 Å². The lowest BCUT2D eigenvalue weighted by Crippen LogP contribution is -2.09. The molecule has 0 aliphatic heterocycles. The number of rotatable bonds is 3. The standard InChI is InChI=1S/C6H8BrNOS/c1-9-8-3-6-2-5(7)4-10-6/h2,4,8H,3H2,1H3.